The van der Waals surface area contributed by atoms with Gasteiger partial charge < -0.3 is 14.6 Å². The number of carbonyl (C=O) groups is 1. The van der Waals surface area contributed by atoms with Crippen LogP contribution in [-0.2, 0) is 14.8 Å². The molecule has 0 saturated carbocycles. The zero-order valence-corrected chi connectivity index (χ0v) is 12.4. The first-order valence-corrected chi connectivity index (χ1v) is 7.67. The Morgan fingerprint density at radius 1 is 1.35 bits per heavy atom. The van der Waals surface area contributed by atoms with E-state index in [-0.39, 0.29) is 10.8 Å². The van der Waals surface area contributed by atoms with E-state index in [4.69, 9.17) is 4.74 Å². The molecule has 0 saturated heterocycles. The lowest BCUT2D eigenvalue weighted by molar-refractivity contribution is -0.309. The third-order valence-electron chi connectivity index (χ3n) is 3.12. The number of nitrogens with one attached hydrogen (secondary N) is 1. The molecule has 112 valence electrons. The third kappa shape index (κ3) is 3.94. The average Bonchev–Trinajstić information content (AvgIpc) is 2.43. The van der Waals surface area contributed by atoms with Crippen LogP contribution in [0.15, 0.2) is 29.2 Å². The number of methoxy groups -OCH3 is 1. The number of carboxylic acids is 1. The van der Waals surface area contributed by atoms with E-state index in [9.17, 15) is 18.3 Å². The van der Waals surface area contributed by atoms with E-state index in [2.05, 4.69) is 4.72 Å². The topological polar surface area (TPSA) is 95.5 Å². The van der Waals surface area contributed by atoms with Crippen molar-refractivity contribution in [3.63, 3.8) is 0 Å². The predicted molar refractivity (Wildman–Crippen MR) is 71.6 cm³/mol. The van der Waals surface area contributed by atoms with E-state index >= 15 is 0 Å². The summed E-state index contributed by atoms with van der Waals surface area (Å²) in [4.78, 5) is 11.0. The molecule has 2 atom stereocenters. The molecule has 0 bridgehead atoms. The van der Waals surface area contributed by atoms with Gasteiger partial charge in [-0.1, -0.05) is 20.3 Å². The van der Waals surface area contributed by atoms with Crippen molar-refractivity contribution in [1.82, 2.24) is 4.72 Å². The van der Waals surface area contributed by atoms with Crippen LogP contribution in [0.2, 0.25) is 0 Å². The molecule has 0 radical (unpaired) electrons. The zero-order chi connectivity index (χ0) is 15.3. The molecule has 0 aromatic heterocycles. The molecule has 0 aliphatic carbocycles. The molecule has 1 rings (SSSR count). The Kier molecular flexibility index (Phi) is 5.52. The van der Waals surface area contributed by atoms with E-state index in [1.54, 1.807) is 13.8 Å². The van der Waals surface area contributed by atoms with Gasteiger partial charge in [-0.3, -0.25) is 0 Å². The highest BCUT2D eigenvalue weighted by Gasteiger charge is 2.24. The third-order valence-corrected chi connectivity index (χ3v) is 4.58. The smallest absolute Gasteiger partial charge is 0.241 e. The molecular formula is C13H18NO5S-. The molecule has 0 aliphatic heterocycles. The first-order chi connectivity index (χ1) is 9.31. The minimum Gasteiger partial charge on any atom is -0.548 e. The quantitative estimate of drug-likeness (QED) is 0.772. The standard InChI is InChI=1S/C13H19NO5S/c1-4-9(2)12(13(15)16)14-20(17,18)11-7-5-10(19-3)6-8-11/h5-9,12,14H,4H2,1-3H3,(H,15,16)/p-1/t9-,12+/m1/s1. The van der Waals surface area contributed by atoms with Gasteiger partial charge in [-0.05, 0) is 30.2 Å². The minimum absolute atomic E-state index is 0.0205. The minimum atomic E-state index is -3.91. The number of carbonyl (C=O) groups excluding carboxylic acids is 1. The van der Waals surface area contributed by atoms with Crippen LogP contribution < -0.4 is 14.6 Å². The highest BCUT2D eigenvalue weighted by Crippen LogP contribution is 2.17. The average molecular weight is 300 g/mol. The maximum atomic E-state index is 12.1. The fraction of sp³-hybridized carbons (Fsp3) is 0.462. The van der Waals surface area contributed by atoms with Crippen LogP contribution in [0.4, 0.5) is 0 Å². The summed E-state index contributed by atoms with van der Waals surface area (Å²) < 4.78 is 31.4. The van der Waals surface area contributed by atoms with Crippen molar-refractivity contribution in [2.75, 3.05) is 7.11 Å². The molecule has 0 amide bonds. The molecule has 0 fully saturated rings. The van der Waals surface area contributed by atoms with Gasteiger partial charge in [0.15, 0.2) is 0 Å². The SMILES string of the molecule is CC[C@@H](C)[C@H](NS(=O)(=O)c1ccc(OC)cc1)C(=O)[O-]. The lowest BCUT2D eigenvalue weighted by Crippen LogP contribution is -2.51. The van der Waals surface area contributed by atoms with Crippen molar-refractivity contribution in [3.8, 4) is 5.75 Å². The second-order valence-corrected chi connectivity index (χ2v) is 6.19. The largest absolute Gasteiger partial charge is 0.548 e. The van der Waals surface area contributed by atoms with Gasteiger partial charge in [0.1, 0.15) is 5.75 Å². The van der Waals surface area contributed by atoms with Crippen LogP contribution in [-0.4, -0.2) is 27.5 Å². The van der Waals surface area contributed by atoms with Crippen molar-refractivity contribution < 1.29 is 23.1 Å². The summed E-state index contributed by atoms with van der Waals surface area (Å²) in [5.41, 5.74) is 0. The number of ether oxygens (including phenoxy) is 1. The number of carboxylic acid groups (broad SMARTS) is 1. The predicted octanol–water partition coefficient (Wildman–Crippen LogP) is 0.138. The lowest BCUT2D eigenvalue weighted by atomic mass is 10.0. The summed E-state index contributed by atoms with van der Waals surface area (Å²) >= 11 is 0. The highest BCUT2D eigenvalue weighted by molar-refractivity contribution is 7.89. The second-order valence-electron chi connectivity index (χ2n) is 4.48. The normalized spacial score (nSPS) is 14.6. The summed E-state index contributed by atoms with van der Waals surface area (Å²) in [7, 11) is -2.44. The Labute approximate surface area is 118 Å². The highest BCUT2D eigenvalue weighted by atomic mass is 32.2. The van der Waals surface area contributed by atoms with Crippen molar-refractivity contribution in [1.29, 1.82) is 0 Å². The molecule has 0 unspecified atom stereocenters. The zero-order valence-electron chi connectivity index (χ0n) is 11.6. The van der Waals surface area contributed by atoms with Crippen LogP contribution in [0.25, 0.3) is 0 Å². The summed E-state index contributed by atoms with van der Waals surface area (Å²) in [6, 6.07) is 4.43. The molecule has 7 heteroatoms. The molecule has 6 nitrogen and oxygen atoms in total. The maximum Gasteiger partial charge on any atom is 0.241 e. The van der Waals surface area contributed by atoms with Gasteiger partial charge >= 0.3 is 0 Å². The fourth-order valence-electron chi connectivity index (χ4n) is 1.62. The van der Waals surface area contributed by atoms with Crippen molar-refractivity contribution in [2.24, 2.45) is 5.92 Å². The first-order valence-electron chi connectivity index (χ1n) is 6.19. The Bertz CT molecular complexity index is 553. The van der Waals surface area contributed by atoms with Gasteiger partial charge in [-0.15, -0.1) is 0 Å². The monoisotopic (exact) mass is 300 g/mol. The van der Waals surface area contributed by atoms with Crippen LogP contribution in [0.1, 0.15) is 20.3 Å². The van der Waals surface area contributed by atoms with Crippen molar-refractivity contribution in [3.05, 3.63) is 24.3 Å². The first kappa shape index (κ1) is 16.5. The maximum absolute atomic E-state index is 12.1. The van der Waals surface area contributed by atoms with E-state index < -0.39 is 22.0 Å². The summed E-state index contributed by atoms with van der Waals surface area (Å²) in [6.45, 7) is 3.43. The van der Waals surface area contributed by atoms with Gasteiger partial charge in [0, 0.05) is 0 Å². The molecule has 20 heavy (non-hydrogen) atoms. The van der Waals surface area contributed by atoms with Gasteiger partial charge in [0.25, 0.3) is 0 Å². The van der Waals surface area contributed by atoms with Gasteiger partial charge in [-0.2, -0.15) is 0 Å². The van der Waals surface area contributed by atoms with Crippen LogP contribution in [0, 0.1) is 5.92 Å². The molecule has 1 N–H and O–H groups in total. The van der Waals surface area contributed by atoms with Crippen LogP contribution >= 0.6 is 0 Å². The van der Waals surface area contributed by atoms with Crippen LogP contribution in [0.3, 0.4) is 0 Å². The van der Waals surface area contributed by atoms with E-state index in [0.29, 0.717) is 12.2 Å². The molecule has 0 heterocycles. The molecular weight excluding hydrogens is 282 g/mol. The Morgan fingerprint density at radius 3 is 2.30 bits per heavy atom. The Hall–Kier alpha value is -1.60. The number of hydrogen-bond acceptors (Lipinski definition) is 5. The molecule has 0 aliphatic rings. The fourth-order valence-corrected chi connectivity index (χ4v) is 2.92. The van der Waals surface area contributed by atoms with E-state index in [1.165, 1.54) is 31.4 Å². The number of aliphatic carboxylic acids is 1. The summed E-state index contributed by atoms with van der Waals surface area (Å²) in [6.07, 6.45) is 0.518. The number of benzene rings is 1. The van der Waals surface area contributed by atoms with Crippen molar-refractivity contribution in [2.45, 2.75) is 31.2 Å². The molecule has 1 aromatic rings. The summed E-state index contributed by atoms with van der Waals surface area (Å²) in [5.74, 6) is -1.29. The van der Waals surface area contributed by atoms with E-state index in [0.717, 1.165) is 0 Å². The van der Waals surface area contributed by atoms with Gasteiger partial charge in [0.2, 0.25) is 10.0 Å². The second kappa shape index (κ2) is 6.71. The van der Waals surface area contributed by atoms with E-state index in [1.807, 2.05) is 0 Å². The molecule has 0 spiro atoms. The van der Waals surface area contributed by atoms with Gasteiger partial charge in [0.05, 0.1) is 24.0 Å². The Morgan fingerprint density at radius 2 is 1.90 bits per heavy atom. The number of rotatable bonds is 7. The molecule has 1 aromatic carbocycles. The van der Waals surface area contributed by atoms with Gasteiger partial charge in [-0.25, -0.2) is 13.1 Å². The number of hydrogen-bond donors (Lipinski definition) is 1. The summed E-state index contributed by atoms with van der Waals surface area (Å²) in [5, 5.41) is 11.1. The lowest BCUT2D eigenvalue weighted by Gasteiger charge is -2.24. The Balaban J connectivity index is 3.00. The number of sulfonamides is 1. The van der Waals surface area contributed by atoms with Crippen LogP contribution in [0.5, 0.6) is 5.75 Å². The van der Waals surface area contributed by atoms with Crippen molar-refractivity contribution >= 4 is 16.0 Å².